The monoisotopic (exact) mass is 330 g/mol. The van der Waals surface area contributed by atoms with Crippen molar-refractivity contribution >= 4 is 37.2 Å². The second-order valence-electron chi connectivity index (χ2n) is 5.82. The number of thiol groups is 2. The van der Waals surface area contributed by atoms with Gasteiger partial charge in [0.1, 0.15) is 13.2 Å². The van der Waals surface area contributed by atoms with Crippen molar-refractivity contribution in [3.8, 4) is 0 Å². The van der Waals surface area contributed by atoms with E-state index < -0.39 is 0 Å². The van der Waals surface area contributed by atoms with Gasteiger partial charge in [-0.3, -0.25) is 9.59 Å². The fraction of sp³-hybridized carbons (Fsp3) is 0.733. The SMILES string of the molecule is O=C(CCS)OCC1(COC(=O)CCS)CC2C=CC1C2. The second kappa shape index (κ2) is 7.58. The maximum atomic E-state index is 11.6. The van der Waals surface area contributed by atoms with Gasteiger partial charge in [-0.05, 0) is 24.7 Å². The van der Waals surface area contributed by atoms with Gasteiger partial charge in [0.05, 0.1) is 12.8 Å². The number of carbonyl (C=O) groups excluding carboxylic acids is 2. The summed E-state index contributed by atoms with van der Waals surface area (Å²) in [6, 6.07) is 0. The summed E-state index contributed by atoms with van der Waals surface area (Å²) in [6.07, 6.45) is 6.98. The van der Waals surface area contributed by atoms with E-state index >= 15 is 0 Å². The molecule has 0 saturated heterocycles. The lowest BCUT2D eigenvalue weighted by atomic mass is 9.77. The van der Waals surface area contributed by atoms with Crippen molar-refractivity contribution in [2.75, 3.05) is 24.7 Å². The van der Waals surface area contributed by atoms with Gasteiger partial charge >= 0.3 is 11.9 Å². The zero-order valence-corrected chi connectivity index (χ0v) is 13.8. The minimum Gasteiger partial charge on any atom is -0.465 e. The van der Waals surface area contributed by atoms with Gasteiger partial charge in [0, 0.05) is 16.9 Å². The van der Waals surface area contributed by atoms with E-state index in [4.69, 9.17) is 9.47 Å². The highest BCUT2D eigenvalue weighted by molar-refractivity contribution is 7.80. The number of allylic oxidation sites excluding steroid dienone is 2. The van der Waals surface area contributed by atoms with E-state index in [1.807, 2.05) is 0 Å². The van der Waals surface area contributed by atoms with Crippen molar-refractivity contribution in [3.63, 3.8) is 0 Å². The Hall–Kier alpha value is -0.620. The Balaban J connectivity index is 1.94. The van der Waals surface area contributed by atoms with Crippen LogP contribution in [0.15, 0.2) is 12.2 Å². The third-order valence-corrected chi connectivity index (χ3v) is 4.75. The van der Waals surface area contributed by atoms with E-state index in [-0.39, 0.29) is 17.4 Å². The molecular weight excluding hydrogens is 308 g/mol. The lowest BCUT2D eigenvalue weighted by molar-refractivity contribution is -0.155. The van der Waals surface area contributed by atoms with E-state index in [1.165, 1.54) is 0 Å². The third-order valence-electron chi connectivity index (χ3n) is 4.30. The molecule has 21 heavy (non-hydrogen) atoms. The first-order valence-corrected chi connectivity index (χ1v) is 8.57. The van der Waals surface area contributed by atoms with E-state index in [0.717, 1.165) is 12.8 Å². The van der Waals surface area contributed by atoms with E-state index in [2.05, 4.69) is 37.4 Å². The number of rotatable bonds is 8. The standard InChI is InChI=1S/C15H22O4S2/c16-13(3-5-20)18-9-15(10-19-14(17)4-6-21)8-11-1-2-12(15)7-11/h1-2,11-12,20-21H,3-10H2. The minimum absolute atomic E-state index is 0.238. The molecular formula is C15H22O4S2. The first-order chi connectivity index (χ1) is 10.1. The Morgan fingerprint density at radius 2 is 1.62 bits per heavy atom. The molecule has 6 heteroatoms. The summed E-state index contributed by atoms with van der Waals surface area (Å²) in [5, 5.41) is 0. The van der Waals surface area contributed by atoms with Crippen molar-refractivity contribution < 1.29 is 19.1 Å². The fourth-order valence-corrected chi connectivity index (χ4v) is 3.57. The van der Waals surface area contributed by atoms with Crippen molar-refractivity contribution in [3.05, 3.63) is 12.2 Å². The largest absolute Gasteiger partial charge is 0.465 e. The number of esters is 2. The van der Waals surface area contributed by atoms with Crippen molar-refractivity contribution in [1.82, 2.24) is 0 Å². The molecule has 0 N–H and O–H groups in total. The average Bonchev–Trinajstić information content (AvgIpc) is 3.05. The van der Waals surface area contributed by atoms with Gasteiger partial charge in [-0.1, -0.05) is 12.2 Å². The summed E-state index contributed by atoms with van der Waals surface area (Å²) in [7, 11) is 0. The fourth-order valence-electron chi connectivity index (χ4n) is 3.20. The molecule has 2 unspecified atom stereocenters. The summed E-state index contributed by atoms with van der Waals surface area (Å²) >= 11 is 8.06. The molecule has 0 spiro atoms. The number of fused-ring (bicyclic) bond motifs is 2. The molecule has 1 saturated carbocycles. The molecule has 2 atom stereocenters. The van der Waals surface area contributed by atoms with Crippen LogP contribution in [0.5, 0.6) is 0 Å². The third kappa shape index (κ3) is 4.19. The van der Waals surface area contributed by atoms with Gasteiger partial charge in [-0.15, -0.1) is 0 Å². The number of hydrogen-bond acceptors (Lipinski definition) is 6. The molecule has 0 amide bonds. The normalized spacial score (nSPS) is 25.0. The van der Waals surface area contributed by atoms with E-state index in [9.17, 15) is 9.59 Å². The van der Waals surface area contributed by atoms with Gasteiger partial charge in [-0.2, -0.15) is 25.3 Å². The quantitative estimate of drug-likeness (QED) is 0.407. The maximum Gasteiger partial charge on any atom is 0.306 e. The summed E-state index contributed by atoms with van der Waals surface area (Å²) in [4.78, 5) is 23.2. The van der Waals surface area contributed by atoms with Crippen molar-refractivity contribution in [1.29, 1.82) is 0 Å². The predicted octanol–water partition coefficient (Wildman–Crippen LogP) is 2.29. The Kier molecular flexibility index (Phi) is 6.05. The molecule has 2 bridgehead atoms. The van der Waals surface area contributed by atoms with Crippen LogP contribution in [0, 0.1) is 17.3 Å². The van der Waals surface area contributed by atoms with Crippen molar-refractivity contribution in [2.45, 2.75) is 25.7 Å². The number of carbonyl (C=O) groups is 2. The highest BCUT2D eigenvalue weighted by Crippen LogP contribution is 2.52. The van der Waals surface area contributed by atoms with Gasteiger partial charge in [0.15, 0.2) is 0 Å². The van der Waals surface area contributed by atoms with E-state index in [0.29, 0.717) is 49.4 Å². The Morgan fingerprint density at radius 1 is 1.05 bits per heavy atom. The molecule has 0 heterocycles. The Bertz CT molecular complexity index is 400. The van der Waals surface area contributed by atoms with Gasteiger partial charge in [0.2, 0.25) is 0 Å². The van der Waals surface area contributed by atoms with Gasteiger partial charge < -0.3 is 9.47 Å². The van der Waals surface area contributed by atoms with E-state index in [1.54, 1.807) is 0 Å². The predicted molar refractivity (Wildman–Crippen MR) is 86.6 cm³/mol. The van der Waals surface area contributed by atoms with Gasteiger partial charge in [0.25, 0.3) is 0 Å². The summed E-state index contributed by atoms with van der Waals surface area (Å²) in [6.45, 7) is 0.637. The smallest absolute Gasteiger partial charge is 0.306 e. The summed E-state index contributed by atoms with van der Waals surface area (Å²) < 4.78 is 10.8. The maximum absolute atomic E-state index is 11.6. The molecule has 4 nitrogen and oxygen atoms in total. The molecule has 0 aromatic rings. The second-order valence-corrected chi connectivity index (χ2v) is 6.72. The minimum atomic E-state index is -0.252. The molecule has 1 fully saturated rings. The van der Waals surface area contributed by atoms with Crippen LogP contribution in [0.25, 0.3) is 0 Å². The Morgan fingerprint density at radius 3 is 2.00 bits per heavy atom. The molecule has 2 rings (SSSR count). The Labute approximate surface area is 136 Å². The molecule has 118 valence electrons. The highest BCUT2D eigenvalue weighted by Gasteiger charge is 2.50. The first kappa shape index (κ1) is 16.7. The molecule has 0 aromatic heterocycles. The molecule has 0 aliphatic heterocycles. The van der Waals surface area contributed by atoms with Gasteiger partial charge in [-0.25, -0.2) is 0 Å². The first-order valence-electron chi connectivity index (χ1n) is 7.31. The lowest BCUT2D eigenvalue weighted by Gasteiger charge is -2.34. The zero-order valence-electron chi connectivity index (χ0n) is 12.0. The topological polar surface area (TPSA) is 52.6 Å². The number of hydrogen-bond donors (Lipinski definition) is 2. The summed E-state index contributed by atoms with van der Waals surface area (Å²) in [5.41, 5.74) is -0.252. The van der Waals surface area contributed by atoms with Crippen LogP contribution in [0.3, 0.4) is 0 Å². The van der Waals surface area contributed by atoms with Crippen LogP contribution in [-0.2, 0) is 19.1 Å². The molecule has 0 aromatic carbocycles. The summed E-state index contributed by atoms with van der Waals surface area (Å²) in [5.74, 6) is 1.33. The van der Waals surface area contributed by atoms with Crippen molar-refractivity contribution in [2.24, 2.45) is 17.3 Å². The highest BCUT2D eigenvalue weighted by atomic mass is 32.1. The van der Waals surface area contributed by atoms with Crippen LogP contribution >= 0.6 is 25.3 Å². The van der Waals surface area contributed by atoms with Crippen LogP contribution in [0.1, 0.15) is 25.7 Å². The van der Waals surface area contributed by atoms with Crippen LogP contribution in [0.2, 0.25) is 0 Å². The zero-order chi connectivity index (χ0) is 15.3. The van der Waals surface area contributed by atoms with Crippen LogP contribution in [-0.4, -0.2) is 36.7 Å². The molecule has 0 radical (unpaired) electrons. The lowest BCUT2D eigenvalue weighted by Crippen LogP contribution is -2.38. The molecule has 2 aliphatic carbocycles. The average molecular weight is 330 g/mol. The van der Waals surface area contributed by atoms with Crippen LogP contribution in [0.4, 0.5) is 0 Å². The number of ether oxygens (including phenoxy) is 2. The van der Waals surface area contributed by atoms with Crippen LogP contribution < -0.4 is 0 Å². The molecule has 2 aliphatic rings.